The van der Waals surface area contributed by atoms with Crippen molar-refractivity contribution in [2.24, 2.45) is 0 Å². The largest absolute Gasteiger partial charge is 0.462 e. The van der Waals surface area contributed by atoms with E-state index in [0.717, 1.165) is 6.07 Å². The van der Waals surface area contributed by atoms with E-state index >= 15 is 0 Å². The molecule has 0 radical (unpaired) electrons. The number of hydrogen-bond donors (Lipinski definition) is 1. The third-order valence-corrected chi connectivity index (χ3v) is 3.68. The van der Waals surface area contributed by atoms with Crippen molar-refractivity contribution in [1.82, 2.24) is 4.98 Å². The van der Waals surface area contributed by atoms with Gasteiger partial charge in [-0.2, -0.15) is 0 Å². The maximum Gasteiger partial charge on any atom is 0.342 e. The number of carbonyl (C=O) groups excluding carboxylic acids is 2. The van der Waals surface area contributed by atoms with Gasteiger partial charge in [-0.15, -0.1) is 0 Å². The van der Waals surface area contributed by atoms with E-state index in [9.17, 15) is 14.4 Å². The highest BCUT2D eigenvalue weighted by molar-refractivity contribution is 6.05. The molecule has 0 fully saturated rings. The molecule has 134 valence electrons. The lowest BCUT2D eigenvalue weighted by Crippen LogP contribution is -2.19. The summed E-state index contributed by atoms with van der Waals surface area (Å²) in [6, 6.07) is 5.88. The van der Waals surface area contributed by atoms with Gasteiger partial charge in [0.1, 0.15) is 16.8 Å². The molecule has 1 aromatic carbocycles. The Kier molecular flexibility index (Phi) is 4.57. The summed E-state index contributed by atoms with van der Waals surface area (Å²) in [5, 5.41) is 0. The molecular formula is C18H16N2O6. The van der Waals surface area contributed by atoms with E-state index < -0.39 is 17.4 Å². The van der Waals surface area contributed by atoms with Gasteiger partial charge in [0.15, 0.2) is 11.3 Å². The molecule has 1 heterocycles. The summed E-state index contributed by atoms with van der Waals surface area (Å²) >= 11 is 0. The van der Waals surface area contributed by atoms with Crippen molar-refractivity contribution in [3.05, 3.63) is 45.6 Å². The molecule has 0 amide bonds. The van der Waals surface area contributed by atoms with Gasteiger partial charge < -0.3 is 19.6 Å². The Morgan fingerprint density at radius 3 is 2.54 bits per heavy atom. The molecule has 0 spiro atoms. The molecule has 8 heteroatoms. The molecule has 1 aromatic rings. The average molecular weight is 356 g/mol. The zero-order valence-electron chi connectivity index (χ0n) is 14.2. The molecule has 2 N–H and O–H groups in total. The van der Waals surface area contributed by atoms with Crippen LogP contribution in [0.5, 0.6) is 0 Å². The second-order valence-electron chi connectivity index (χ2n) is 5.32. The number of fused-ring (bicyclic) bond motifs is 2. The zero-order chi connectivity index (χ0) is 18.8. The van der Waals surface area contributed by atoms with Gasteiger partial charge in [0.25, 0.3) is 0 Å². The van der Waals surface area contributed by atoms with Gasteiger partial charge in [0, 0.05) is 6.07 Å². The minimum Gasteiger partial charge on any atom is -0.462 e. The second kappa shape index (κ2) is 6.83. The van der Waals surface area contributed by atoms with Crippen LogP contribution in [0.25, 0.3) is 22.6 Å². The van der Waals surface area contributed by atoms with Crippen molar-refractivity contribution in [3.63, 3.8) is 0 Å². The van der Waals surface area contributed by atoms with Crippen LogP contribution in [0.15, 0.2) is 33.5 Å². The molecule has 0 saturated heterocycles. The smallest absolute Gasteiger partial charge is 0.342 e. The number of rotatable bonds is 4. The molecule has 3 rings (SSSR count). The number of nitrogens with zero attached hydrogens (tertiary/aromatic N) is 1. The van der Waals surface area contributed by atoms with E-state index in [2.05, 4.69) is 4.98 Å². The highest BCUT2D eigenvalue weighted by Gasteiger charge is 2.26. The summed E-state index contributed by atoms with van der Waals surface area (Å²) in [7, 11) is 0. The second-order valence-corrected chi connectivity index (χ2v) is 5.32. The summed E-state index contributed by atoms with van der Waals surface area (Å²) < 4.78 is 15.7. The number of nitrogens with two attached hydrogens (primary N) is 1. The Morgan fingerprint density at radius 2 is 1.85 bits per heavy atom. The molecule has 8 nitrogen and oxygen atoms in total. The first kappa shape index (κ1) is 17.4. The van der Waals surface area contributed by atoms with Gasteiger partial charge in [0.2, 0.25) is 5.43 Å². The normalized spacial score (nSPS) is 10.8. The fourth-order valence-corrected chi connectivity index (χ4v) is 2.56. The van der Waals surface area contributed by atoms with Crippen molar-refractivity contribution in [2.75, 3.05) is 18.9 Å². The standard InChI is InChI=1S/C18H16N2O6/c1-3-24-17(22)9-6-5-7-11-15(9)20-16-12(26-11)8-10(21)14(19)13(16)18(23)25-4-2/h5-8H,3-4,19H2,1-2H3. The Hall–Kier alpha value is -3.42. The summed E-state index contributed by atoms with van der Waals surface area (Å²) in [5.74, 6) is -1.30. The number of aromatic nitrogens is 1. The van der Waals surface area contributed by atoms with Crippen molar-refractivity contribution in [2.45, 2.75) is 13.8 Å². The first-order chi connectivity index (χ1) is 12.5. The van der Waals surface area contributed by atoms with E-state index in [-0.39, 0.29) is 52.6 Å². The van der Waals surface area contributed by atoms with Gasteiger partial charge >= 0.3 is 11.9 Å². The lowest BCUT2D eigenvalue weighted by molar-refractivity contribution is 0.0519. The predicted molar refractivity (Wildman–Crippen MR) is 93.2 cm³/mol. The molecule has 0 unspecified atom stereocenters. The highest BCUT2D eigenvalue weighted by Crippen LogP contribution is 2.31. The third-order valence-electron chi connectivity index (χ3n) is 3.68. The van der Waals surface area contributed by atoms with E-state index in [4.69, 9.17) is 19.6 Å². The first-order valence-corrected chi connectivity index (χ1v) is 7.98. The lowest BCUT2D eigenvalue weighted by Gasteiger charge is -2.13. The minimum atomic E-state index is -0.789. The molecular weight excluding hydrogens is 340 g/mol. The average Bonchev–Trinajstić information content (AvgIpc) is 2.61. The topological polar surface area (TPSA) is 122 Å². The SMILES string of the molecule is CCOC(=O)c1c2nc3c(C(=O)OCC)cccc3oc-2cc(=O)c1N. The first-order valence-electron chi connectivity index (χ1n) is 7.98. The molecule has 1 aliphatic carbocycles. The number of hydrogen-bond acceptors (Lipinski definition) is 8. The van der Waals surface area contributed by atoms with E-state index in [1.807, 2.05) is 0 Å². The summed E-state index contributed by atoms with van der Waals surface area (Å²) in [4.78, 5) is 40.9. The number of benzene rings is 2. The Bertz CT molecular complexity index is 1040. The van der Waals surface area contributed by atoms with Crippen LogP contribution in [-0.2, 0) is 9.47 Å². The fraction of sp³-hybridized carbons (Fsp3) is 0.222. The van der Waals surface area contributed by atoms with Crippen LogP contribution in [0, 0.1) is 0 Å². The molecule has 0 saturated carbocycles. The summed E-state index contributed by atoms with van der Waals surface area (Å²) in [5.41, 5.74) is 5.42. The van der Waals surface area contributed by atoms with Crippen LogP contribution >= 0.6 is 0 Å². The van der Waals surface area contributed by atoms with Crippen LogP contribution in [0.2, 0.25) is 0 Å². The number of para-hydroxylation sites is 1. The van der Waals surface area contributed by atoms with Crippen LogP contribution in [-0.4, -0.2) is 30.1 Å². The summed E-state index contributed by atoms with van der Waals surface area (Å²) in [6.07, 6.45) is 0. The predicted octanol–water partition coefficient (Wildman–Crippen LogP) is 2.23. The highest BCUT2D eigenvalue weighted by atomic mass is 16.5. The lowest BCUT2D eigenvalue weighted by atomic mass is 10.1. The van der Waals surface area contributed by atoms with Crippen LogP contribution in [0.3, 0.4) is 0 Å². The molecule has 0 atom stereocenters. The van der Waals surface area contributed by atoms with Crippen molar-refractivity contribution < 1.29 is 23.5 Å². The van der Waals surface area contributed by atoms with Crippen molar-refractivity contribution in [3.8, 4) is 11.5 Å². The van der Waals surface area contributed by atoms with E-state index in [0.29, 0.717) is 0 Å². The monoisotopic (exact) mass is 356 g/mol. The van der Waals surface area contributed by atoms with Crippen molar-refractivity contribution >= 4 is 28.7 Å². The zero-order valence-corrected chi connectivity index (χ0v) is 14.2. The van der Waals surface area contributed by atoms with Gasteiger partial charge in [-0.1, -0.05) is 6.07 Å². The molecule has 1 aliphatic heterocycles. The minimum absolute atomic E-state index is 0.0461. The number of carbonyl (C=O) groups is 2. The number of esters is 2. The van der Waals surface area contributed by atoms with E-state index in [1.165, 1.54) is 6.07 Å². The van der Waals surface area contributed by atoms with Gasteiger partial charge in [0.05, 0.1) is 24.5 Å². The van der Waals surface area contributed by atoms with E-state index in [1.54, 1.807) is 26.0 Å². The third kappa shape index (κ3) is 2.85. The van der Waals surface area contributed by atoms with Crippen LogP contribution in [0.1, 0.15) is 34.6 Å². The van der Waals surface area contributed by atoms with Gasteiger partial charge in [-0.25, -0.2) is 14.6 Å². The quantitative estimate of drug-likeness (QED) is 0.429. The fourth-order valence-electron chi connectivity index (χ4n) is 2.56. The Labute approximate surface area is 147 Å². The molecule has 2 aliphatic rings. The molecule has 0 aromatic heterocycles. The van der Waals surface area contributed by atoms with Gasteiger partial charge in [-0.3, -0.25) is 4.79 Å². The molecule has 0 bridgehead atoms. The van der Waals surface area contributed by atoms with Crippen LogP contribution in [0.4, 0.5) is 5.69 Å². The van der Waals surface area contributed by atoms with Crippen LogP contribution < -0.4 is 11.2 Å². The number of nitrogen functional groups attached to an aromatic ring is 1. The number of ether oxygens (including phenoxy) is 2. The maximum atomic E-state index is 12.3. The Morgan fingerprint density at radius 1 is 1.15 bits per heavy atom. The molecule has 26 heavy (non-hydrogen) atoms. The maximum absolute atomic E-state index is 12.3. The Balaban J connectivity index is 2.37. The van der Waals surface area contributed by atoms with Crippen molar-refractivity contribution in [1.29, 1.82) is 0 Å². The van der Waals surface area contributed by atoms with Gasteiger partial charge in [-0.05, 0) is 26.0 Å². The summed E-state index contributed by atoms with van der Waals surface area (Å²) in [6.45, 7) is 3.61. The number of anilines is 1.